The number of benzene rings is 1. The van der Waals surface area contributed by atoms with Crippen molar-refractivity contribution in [1.82, 2.24) is 9.71 Å². The maximum Gasteiger partial charge on any atom is 0.417 e. The van der Waals surface area contributed by atoms with Crippen LogP contribution in [-0.4, -0.2) is 51.2 Å². The van der Waals surface area contributed by atoms with Crippen LogP contribution in [0, 0.1) is 0 Å². The number of carbonyl (C=O) groups excluding carboxylic acids is 1. The second-order valence-corrected chi connectivity index (χ2v) is 11.8. The Morgan fingerprint density at radius 1 is 1.17 bits per heavy atom. The molecule has 1 aromatic heterocycles. The minimum absolute atomic E-state index is 0.0398. The summed E-state index contributed by atoms with van der Waals surface area (Å²) in [6.07, 6.45) is 0.652. The summed E-state index contributed by atoms with van der Waals surface area (Å²) in [5.74, 6) is -1.01. The first-order chi connectivity index (χ1) is 19.2. The third-order valence-corrected chi connectivity index (χ3v) is 7.07. The minimum atomic E-state index is -4.65. The van der Waals surface area contributed by atoms with Crippen LogP contribution in [0.25, 0.3) is 6.08 Å². The highest BCUT2D eigenvalue weighted by atomic mass is 35.5. The number of methoxy groups -OCH3 is 1. The summed E-state index contributed by atoms with van der Waals surface area (Å²) >= 11 is 6.03. The summed E-state index contributed by atoms with van der Waals surface area (Å²) in [4.78, 5) is 16.0. The molecule has 0 radical (unpaired) electrons. The lowest BCUT2D eigenvalue weighted by Gasteiger charge is -2.27. The first-order valence-corrected chi connectivity index (χ1v) is 14.7. The van der Waals surface area contributed by atoms with E-state index in [9.17, 15) is 26.4 Å². The molecule has 14 heteroatoms. The molecule has 9 nitrogen and oxygen atoms in total. The highest BCUT2D eigenvalue weighted by Crippen LogP contribution is 2.37. The summed E-state index contributed by atoms with van der Waals surface area (Å²) in [6, 6.07) is 5.25. The second-order valence-electron chi connectivity index (χ2n) is 9.56. The van der Waals surface area contributed by atoms with Crippen LogP contribution in [0.3, 0.4) is 0 Å². The summed E-state index contributed by atoms with van der Waals surface area (Å²) in [7, 11) is -2.31. The predicted molar refractivity (Wildman–Crippen MR) is 148 cm³/mol. The molecular formula is C27H34ClF3N2O7S. The van der Waals surface area contributed by atoms with Gasteiger partial charge >= 0.3 is 6.18 Å². The number of hydrogen-bond donors (Lipinski definition) is 1. The number of ether oxygens (including phenoxy) is 4. The zero-order valence-electron chi connectivity index (χ0n) is 23.2. The number of sulfonamides is 1. The molecule has 0 saturated carbocycles. The molecule has 0 fully saturated rings. The maximum absolute atomic E-state index is 13.1. The van der Waals surface area contributed by atoms with Gasteiger partial charge in [0.1, 0.15) is 28.9 Å². The van der Waals surface area contributed by atoms with Gasteiger partial charge in [-0.05, 0) is 44.5 Å². The van der Waals surface area contributed by atoms with Crippen LogP contribution in [0.2, 0.25) is 5.02 Å². The number of aromatic nitrogens is 1. The molecule has 2 aromatic rings. The molecule has 0 spiro atoms. The molecule has 1 amide bonds. The first-order valence-electron chi connectivity index (χ1n) is 12.7. The van der Waals surface area contributed by atoms with E-state index in [4.69, 9.17) is 30.5 Å². The lowest BCUT2D eigenvalue weighted by Crippen LogP contribution is -2.31. The first kappa shape index (κ1) is 34.3. The van der Waals surface area contributed by atoms with Crippen LogP contribution in [0.15, 0.2) is 36.5 Å². The zero-order valence-corrected chi connectivity index (χ0v) is 24.8. The fourth-order valence-electron chi connectivity index (χ4n) is 3.34. The fourth-order valence-corrected chi connectivity index (χ4v) is 4.61. The Morgan fingerprint density at radius 2 is 1.90 bits per heavy atom. The van der Waals surface area contributed by atoms with Gasteiger partial charge in [0, 0.05) is 37.4 Å². The average molecular weight is 623 g/mol. The van der Waals surface area contributed by atoms with Crippen LogP contribution in [0.1, 0.15) is 57.6 Å². The highest BCUT2D eigenvalue weighted by molar-refractivity contribution is 7.90. The molecule has 2 rings (SSSR count). The molecule has 1 heterocycles. The van der Waals surface area contributed by atoms with Gasteiger partial charge in [0.05, 0.1) is 17.9 Å². The third kappa shape index (κ3) is 12.3. The van der Waals surface area contributed by atoms with Gasteiger partial charge in [0.2, 0.25) is 15.9 Å². The number of unbranched alkanes of at least 4 members (excludes halogenated alkanes) is 2. The van der Waals surface area contributed by atoms with Gasteiger partial charge in [-0.3, -0.25) is 4.79 Å². The van der Waals surface area contributed by atoms with E-state index in [0.717, 1.165) is 12.5 Å². The topological polar surface area (TPSA) is 113 Å². The molecule has 0 aliphatic heterocycles. The number of halogens is 4. The van der Waals surface area contributed by atoms with Gasteiger partial charge in [-0.25, -0.2) is 18.1 Å². The van der Waals surface area contributed by atoms with E-state index in [1.54, 1.807) is 6.07 Å². The van der Waals surface area contributed by atoms with E-state index in [1.807, 2.05) is 25.5 Å². The Bertz CT molecular complexity index is 1300. The predicted octanol–water partition coefficient (Wildman–Crippen LogP) is 6.36. The lowest BCUT2D eigenvalue weighted by molar-refractivity contribution is -0.137. The van der Waals surface area contributed by atoms with Gasteiger partial charge < -0.3 is 18.9 Å². The van der Waals surface area contributed by atoms with Crippen molar-refractivity contribution < 1.29 is 45.3 Å². The second kappa shape index (κ2) is 15.4. The van der Waals surface area contributed by atoms with E-state index in [2.05, 4.69) is 4.98 Å². The number of nitrogens with zero attached hydrogens (tertiary/aromatic N) is 1. The number of nitrogens with one attached hydrogen (secondary N) is 1. The van der Waals surface area contributed by atoms with E-state index in [-0.39, 0.29) is 29.7 Å². The van der Waals surface area contributed by atoms with Crippen LogP contribution in [-0.2, 0) is 30.5 Å². The molecule has 0 aliphatic rings. The van der Waals surface area contributed by atoms with Gasteiger partial charge in [-0.1, -0.05) is 31.4 Å². The van der Waals surface area contributed by atoms with Crippen molar-refractivity contribution in [3.05, 3.63) is 52.7 Å². The van der Waals surface area contributed by atoms with E-state index in [1.165, 1.54) is 25.3 Å². The summed E-state index contributed by atoms with van der Waals surface area (Å²) in [6.45, 7) is 6.07. The Hall–Kier alpha value is -2.87. The number of alkyl halides is 3. The van der Waals surface area contributed by atoms with Crippen molar-refractivity contribution in [1.29, 1.82) is 0 Å². The number of pyridine rings is 1. The molecular weight excluding hydrogens is 589 g/mol. The number of rotatable bonds is 16. The van der Waals surface area contributed by atoms with Crippen molar-refractivity contribution >= 4 is 33.6 Å². The van der Waals surface area contributed by atoms with Crippen LogP contribution >= 0.6 is 11.6 Å². The van der Waals surface area contributed by atoms with Crippen LogP contribution in [0.4, 0.5) is 13.2 Å². The molecule has 0 aliphatic carbocycles. The molecule has 0 unspecified atom stereocenters. The highest BCUT2D eigenvalue weighted by Gasteiger charge is 2.32. The molecule has 0 saturated heterocycles. The number of amides is 1. The van der Waals surface area contributed by atoms with Crippen molar-refractivity contribution in [2.75, 3.05) is 26.3 Å². The fraction of sp³-hybridized carbons (Fsp3) is 0.481. The number of hydrogen-bond acceptors (Lipinski definition) is 8. The summed E-state index contributed by atoms with van der Waals surface area (Å²) in [5.41, 5.74) is -1.48. The molecule has 0 atom stereocenters. The smallest absolute Gasteiger partial charge is 0.417 e. The van der Waals surface area contributed by atoms with Crippen molar-refractivity contribution in [3.8, 4) is 17.4 Å². The van der Waals surface area contributed by atoms with Crippen molar-refractivity contribution in [3.63, 3.8) is 0 Å². The van der Waals surface area contributed by atoms with Gasteiger partial charge in [-0.15, -0.1) is 0 Å². The van der Waals surface area contributed by atoms with E-state index in [0.29, 0.717) is 43.9 Å². The summed E-state index contributed by atoms with van der Waals surface area (Å²) in [5, 5.41) is -0.396. The maximum atomic E-state index is 13.1. The van der Waals surface area contributed by atoms with Gasteiger partial charge in [0.25, 0.3) is 5.91 Å². The quantitative estimate of drug-likeness (QED) is 0.131. The molecule has 41 heavy (non-hydrogen) atoms. The Morgan fingerprint density at radius 3 is 2.54 bits per heavy atom. The third-order valence-electron chi connectivity index (χ3n) is 5.46. The van der Waals surface area contributed by atoms with E-state index < -0.39 is 38.3 Å². The Kier molecular flexibility index (Phi) is 12.9. The normalized spacial score (nSPS) is 12.5. The SMILES string of the molecule is CCCCCS(=O)(=O)NC(=O)C=Cc1ccc(OC(C)(C)CCOCOC)cc1Oc1ncc(C(F)(F)F)cc1Cl. The summed E-state index contributed by atoms with van der Waals surface area (Å²) < 4.78 is 87.4. The number of carbonyl (C=O) groups is 1. The Balaban J connectivity index is 2.33. The molecule has 228 valence electrons. The minimum Gasteiger partial charge on any atom is -0.488 e. The molecule has 1 N–H and O–H groups in total. The van der Waals surface area contributed by atoms with Gasteiger partial charge in [-0.2, -0.15) is 13.2 Å². The zero-order chi connectivity index (χ0) is 30.7. The van der Waals surface area contributed by atoms with Crippen LogP contribution < -0.4 is 14.2 Å². The van der Waals surface area contributed by atoms with E-state index >= 15 is 0 Å². The average Bonchev–Trinajstić information content (AvgIpc) is 2.86. The standard InChI is InChI=1S/C27H34ClF3N2O7S/c1-5-6-7-14-41(35,36)33-24(34)11-9-19-8-10-21(40-26(2,3)12-13-38-18-37-4)16-23(19)39-25-22(28)15-20(17-32-25)27(29,30)31/h8-11,15-17H,5-7,12-14,18H2,1-4H3,(H,33,34). The monoisotopic (exact) mass is 622 g/mol. The largest absolute Gasteiger partial charge is 0.488 e. The van der Waals surface area contributed by atoms with Gasteiger partial charge in [0.15, 0.2) is 0 Å². The van der Waals surface area contributed by atoms with Crippen molar-refractivity contribution in [2.45, 2.75) is 58.2 Å². The lowest BCUT2D eigenvalue weighted by atomic mass is 10.1. The van der Waals surface area contributed by atoms with Crippen LogP contribution in [0.5, 0.6) is 17.4 Å². The Labute approximate surface area is 243 Å². The van der Waals surface area contributed by atoms with Crippen molar-refractivity contribution in [2.24, 2.45) is 0 Å². The molecule has 0 bridgehead atoms. The molecule has 1 aromatic carbocycles.